The maximum absolute atomic E-state index is 5.21. The number of likely N-dealkylation sites (N-methyl/N-ethyl adjacent to an activating group) is 1. The van der Waals surface area contributed by atoms with E-state index in [2.05, 4.69) is 30.5 Å². The van der Waals surface area contributed by atoms with Crippen molar-refractivity contribution in [2.75, 3.05) is 7.05 Å². The highest BCUT2D eigenvalue weighted by Crippen LogP contribution is 2.14. The molecular formula is C12H15N7O. The molecule has 1 atom stereocenters. The van der Waals surface area contributed by atoms with Gasteiger partial charge >= 0.3 is 0 Å². The van der Waals surface area contributed by atoms with Gasteiger partial charge in [0.15, 0.2) is 5.82 Å². The number of rotatable bonds is 4. The van der Waals surface area contributed by atoms with E-state index in [0.717, 1.165) is 5.69 Å². The van der Waals surface area contributed by atoms with E-state index in [0.29, 0.717) is 29.7 Å². The maximum Gasteiger partial charge on any atom is 0.297 e. The van der Waals surface area contributed by atoms with Gasteiger partial charge in [0, 0.05) is 24.4 Å². The zero-order valence-electron chi connectivity index (χ0n) is 11.5. The van der Waals surface area contributed by atoms with Crippen molar-refractivity contribution in [1.82, 2.24) is 35.0 Å². The van der Waals surface area contributed by atoms with E-state index in [9.17, 15) is 0 Å². The van der Waals surface area contributed by atoms with E-state index in [4.69, 9.17) is 4.52 Å². The number of aromatic nitrogens is 6. The molecule has 20 heavy (non-hydrogen) atoms. The smallest absolute Gasteiger partial charge is 0.297 e. The van der Waals surface area contributed by atoms with Crippen LogP contribution in [-0.2, 0) is 6.42 Å². The minimum absolute atomic E-state index is 0.276. The summed E-state index contributed by atoms with van der Waals surface area (Å²) in [5.41, 5.74) is 0.942. The zero-order chi connectivity index (χ0) is 14.1. The summed E-state index contributed by atoms with van der Waals surface area (Å²) in [6, 6.07) is 2.14. The highest BCUT2D eigenvalue weighted by atomic mass is 16.5. The first-order valence-corrected chi connectivity index (χ1v) is 6.36. The van der Waals surface area contributed by atoms with Crippen molar-refractivity contribution in [1.29, 1.82) is 0 Å². The van der Waals surface area contributed by atoms with Crippen molar-refractivity contribution in [3.63, 3.8) is 0 Å². The van der Waals surface area contributed by atoms with Gasteiger partial charge < -0.3 is 9.84 Å². The molecule has 1 N–H and O–H groups in total. The largest absolute Gasteiger partial charge is 0.330 e. The molecule has 0 aliphatic carbocycles. The molecule has 0 radical (unpaired) electrons. The van der Waals surface area contributed by atoms with E-state index in [1.165, 1.54) is 0 Å². The van der Waals surface area contributed by atoms with Gasteiger partial charge in [-0.15, -0.1) is 5.10 Å². The van der Waals surface area contributed by atoms with E-state index < -0.39 is 0 Å². The average Bonchev–Trinajstić information content (AvgIpc) is 3.05. The molecule has 104 valence electrons. The predicted octanol–water partition coefficient (Wildman–Crippen LogP) is 0.633. The molecule has 8 nitrogen and oxygen atoms in total. The number of fused-ring (bicyclic) bond motifs is 1. The molecule has 0 bridgehead atoms. The number of aryl methyl sites for hydroxylation is 1. The van der Waals surface area contributed by atoms with Gasteiger partial charge in [-0.3, -0.25) is 0 Å². The number of hydrogen-bond acceptors (Lipinski definition) is 7. The van der Waals surface area contributed by atoms with Gasteiger partial charge in [-0.05, 0) is 27.0 Å². The van der Waals surface area contributed by atoms with E-state index in [-0.39, 0.29) is 6.04 Å². The third-order valence-corrected chi connectivity index (χ3v) is 3.07. The standard InChI is InChI=1S/C12H15N7O/c1-7(13-3)6-9-15-11(20-18-9)10-16-12-14-5-4-8(2)19(12)17-10/h4-5,7,13H,6H2,1-3H3. The molecule has 1 unspecified atom stereocenters. The molecule has 0 saturated carbocycles. The van der Waals surface area contributed by atoms with Crippen LogP contribution < -0.4 is 5.32 Å². The van der Waals surface area contributed by atoms with Crippen LogP contribution in [0, 0.1) is 6.92 Å². The van der Waals surface area contributed by atoms with Crippen molar-refractivity contribution >= 4 is 5.78 Å². The Labute approximate surface area is 115 Å². The van der Waals surface area contributed by atoms with Crippen LogP contribution in [0.3, 0.4) is 0 Å². The minimum atomic E-state index is 0.276. The summed E-state index contributed by atoms with van der Waals surface area (Å²) in [6.45, 7) is 3.98. The van der Waals surface area contributed by atoms with Crippen molar-refractivity contribution < 1.29 is 4.52 Å². The predicted molar refractivity (Wildman–Crippen MR) is 71.0 cm³/mol. The second kappa shape index (κ2) is 4.97. The molecule has 3 heterocycles. The molecule has 0 fully saturated rings. The first kappa shape index (κ1) is 12.7. The van der Waals surface area contributed by atoms with Gasteiger partial charge in [0.25, 0.3) is 11.7 Å². The summed E-state index contributed by atoms with van der Waals surface area (Å²) in [4.78, 5) is 12.7. The normalized spacial score (nSPS) is 12.9. The van der Waals surface area contributed by atoms with Crippen molar-refractivity contribution in [2.24, 2.45) is 0 Å². The Morgan fingerprint density at radius 3 is 3.00 bits per heavy atom. The van der Waals surface area contributed by atoms with Gasteiger partial charge in [-0.2, -0.15) is 9.97 Å². The molecule has 8 heteroatoms. The van der Waals surface area contributed by atoms with Gasteiger partial charge in [-0.25, -0.2) is 9.50 Å². The Balaban J connectivity index is 1.93. The summed E-state index contributed by atoms with van der Waals surface area (Å²) in [7, 11) is 1.89. The van der Waals surface area contributed by atoms with Crippen LogP contribution in [0.15, 0.2) is 16.8 Å². The van der Waals surface area contributed by atoms with E-state index in [1.54, 1.807) is 10.7 Å². The van der Waals surface area contributed by atoms with Crippen molar-refractivity contribution in [3.05, 3.63) is 23.8 Å². The second-order valence-electron chi connectivity index (χ2n) is 4.64. The minimum Gasteiger partial charge on any atom is -0.330 e. The fourth-order valence-electron chi connectivity index (χ4n) is 1.80. The summed E-state index contributed by atoms with van der Waals surface area (Å²) in [5.74, 6) is 1.85. The monoisotopic (exact) mass is 273 g/mol. The first-order valence-electron chi connectivity index (χ1n) is 6.36. The molecule has 0 aromatic carbocycles. The molecule has 0 amide bonds. The number of nitrogens with one attached hydrogen (secondary N) is 1. The lowest BCUT2D eigenvalue weighted by molar-refractivity contribution is 0.416. The van der Waals surface area contributed by atoms with E-state index >= 15 is 0 Å². The molecule has 3 aromatic rings. The van der Waals surface area contributed by atoms with Crippen LogP contribution in [0.25, 0.3) is 17.5 Å². The summed E-state index contributed by atoms with van der Waals surface area (Å²) < 4.78 is 6.86. The Hall–Kier alpha value is -2.35. The fraction of sp³-hybridized carbons (Fsp3) is 0.417. The number of nitrogens with zero attached hydrogens (tertiary/aromatic N) is 6. The van der Waals surface area contributed by atoms with Crippen LogP contribution in [-0.4, -0.2) is 42.8 Å². The quantitative estimate of drug-likeness (QED) is 0.745. The Kier molecular flexibility index (Phi) is 3.15. The fourth-order valence-corrected chi connectivity index (χ4v) is 1.80. The molecule has 0 spiro atoms. The van der Waals surface area contributed by atoms with Crippen LogP contribution in [0.5, 0.6) is 0 Å². The van der Waals surface area contributed by atoms with Gasteiger partial charge in [0.1, 0.15) is 0 Å². The van der Waals surface area contributed by atoms with Gasteiger partial charge in [0.05, 0.1) is 0 Å². The zero-order valence-corrected chi connectivity index (χ0v) is 11.5. The lowest BCUT2D eigenvalue weighted by Crippen LogP contribution is -2.24. The first-order chi connectivity index (χ1) is 9.67. The lowest BCUT2D eigenvalue weighted by atomic mass is 10.2. The van der Waals surface area contributed by atoms with Crippen molar-refractivity contribution in [2.45, 2.75) is 26.3 Å². The molecule has 3 rings (SSSR count). The Morgan fingerprint density at radius 1 is 1.40 bits per heavy atom. The third kappa shape index (κ3) is 2.25. The highest BCUT2D eigenvalue weighted by molar-refractivity contribution is 5.45. The third-order valence-electron chi connectivity index (χ3n) is 3.07. The summed E-state index contributed by atoms with van der Waals surface area (Å²) in [5, 5.41) is 11.4. The second-order valence-corrected chi connectivity index (χ2v) is 4.64. The topological polar surface area (TPSA) is 94.0 Å². The Bertz CT molecular complexity index is 732. The number of hydrogen-bond donors (Lipinski definition) is 1. The Morgan fingerprint density at radius 2 is 2.25 bits per heavy atom. The maximum atomic E-state index is 5.21. The summed E-state index contributed by atoms with van der Waals surface area (Å²) >= 11 is 0. The van der Waals surface area contributed by atoms with Crippen LogP contribution in [0.2, 0.25) is 0 Å². The lowest BCUT2D eigenvalue weighted by Gasteiger charge is -2.04. The van der Waals surface area contributed by atoms with Gasteiger partial charge in [-0.1, -0.05) is 5.16 Å². The molecule has 0 aliphatic heterocycles. The van der Waals surface area contributed by atoms with Crippen molar-refractivity contribution in [3.8, 4) is 11.7 Å². The molecule has 0 saturated heterocycles. The van der Waals surface area contributed by atoms with Crippen LogP contribution >= 0.6 is 0 Å². The SMILES string of the molecule is CNC(C)Cc1noc(-c2nc3nccc(C)n3n2)n1. The highest BCUT2D eigenvalue weighted by Gasteiger charge is 2.16. The van der Waals surface area contributed by atoms with Crippen LogP contribution in [0.4, 0.5) is 0 Å². The van der Waals surface area contributed by atoms with Gasteiger partial charge in [0.2, 0.25) is 5.82 Å². The van der Waals surface area contributed by atoms with Crippen LogP contribution in [0.1, 0.15) is 18.4 Å². The van der Waals surface area contributed by atoms with E-state index in [1.807, 2.05) is 27.0 Å². The summed E-state index contributed by atoms with van der Waals surface area (Å²) in [6.07, 6.45) is 2.38. The molecular weight excluding hydrogens is 258 g/mol. The molecule has 0 aliphatic rings. The average molecular weight is 273 g/mol. The molecule has 3 aromatic heterocycles.